The van der Waals surface area contributed by atoms with Crippen molar-refractivity contribution in [3.63, 3.8) is 0 Å². The van der Waals surface area contributed by atoms with Crippen molar-refractivity contribution in [1.29, 1.82) is 0 Å². The molecule has 1 aromatic carbocycles. The number of amides is 1. The van der Waals surface area contributed by atoms with Crippen molar-refractivity contribution >= 4 is 34.8 Å². The van der Waals surface area contributed by atoms with E-state index in [-0.39, 0.29) is 18.3 Å². The lowest BCUT2D eigenvalue weighted by Crippen LogP contribution is -2.34. The quantitative estimate of drug-likeness (QED) is 0.837. The minimum atomic E-state index is 0.0856. The molecule has 30 heavy (non-hydrogen) atoms. The topological polar surface area (TPSA) is 87.7 Å². The molecule has 0 bridgehead atoms. The number of ether oxygens (including phenoxy) is 1. The van der Waals surface area contributed by atoms with Gasteiger partial charge in [0.1, 0.15) is 18.0 Å². The number of hydrogen-bond acceptors (Lipinski definition) is 7. The van der Waals surface area contributed by atoms with Crippen LogP contribution in [0.15, 0.2) is 24.4 Å². The van der Waals surface area contributed by atoms with Crippen molar-refractivity contribution < 1.29 is 14.3 Å². The predicted octanol–water partition coefficient (Wildman–Crippen LogP) is 2.84. The number of nitrogens with one attached hydrogen (secondary N) is 1. The van der Waals surface area contributed by atoms with E-state index in [1.807, 2.05) is 18.2 Å². The Hall–Kier alpha value is -3.16. The summed E-state index contributed by atoms with van der Waals surface area (Å²) in [6.45, 7) is 0.792. The molecule has 3 aliphatic rings. The lowest BCUT2D eigenvalue weighted by atomic mass is 10.1. The Labute approximate surface area is 175 Å². The first-order chi connectivity index (χ1) is 14.6. The van der Waals surface area contributed by atoms with Crippen molar-refractivity contribution in [2.45, 2.75) is 44.6 Å². The Bertz CT molecular complexity index is 1000. The van der Waals surface area contributed by atoms with Gasteiger partial charge in [0, 0.05) is 49.8 Å². The number of carbonyl (C=O) groups excluding carboxylic acids is 2. The Morgan fingerprint density at radius 2 is 2.03 bits per heavy atom. The average molecular weight is 407 g/mol. The van der Waals surface area contributed by atoms with Gasteiger partial charge in [-0.2, -0.15) is 4.98 Å². The molecule has 0 spiro atoms. The monoisotopic (exact) mass is 407 g/mol. The number of benzene rings is 1. The number of carbonyl (C=O) groups is 2. The van der Waals surface area contributed by atoms with Crippen LogP contribution >= 0.6 is 0 Å². The molecule has 8 heteroatoms. The van der Waals surface area contributed by atoms with E-state index in [0.29, 0.717) is 37.1 Å². The molecule has 1 aromatic heterocycles. The van der Waals surface area contributed by atoms with Crippen LogP contribution in [0.3, 0.4) is 0 Å². The molecule has 5 rings (SSSR count). The molecular weight excluding hydrogens is 382 g/mol. The molecule has 2 aliphatic heterocycles. The molecular formula is C22H25N5O3. The van der Waals surface area contributed by atoms with Gasteiger partial charge >= 0.3 is 0 Å². The maximum Gasteiger partial charge on any atom is 0.229 e. The van der Waals surface area contributed by atoms with E-state index in [1.54, 1.807) is 18.1 Å². The van der Waals surface area contributed by atoms with Crippen LogP contribution in [-0.2, 0) is 16.0 Å². The summed E-state index contributed by atoms with van der Waals surface area (Å²) in [4.78, 5) is 37.3. The van der Waals surface area contributed by atoms with Crippen LogP contribution in [0.2, 0.25) is 0 Å². The zero-order valence-corrected chi connectivity index (χ0v) is 17.1. The van der Waals surface area contributed by atoms with Gasteiger partial charge in [-0.1, -0.05) is 18.9 Å². The highest BCUT2D eigenvalue weighted by molar-refractivity contribution is 5.97. The van der Waals surface area contributed by atoms with Gasteiger partial charge in [0.15, 0.2) is 11.6 Å². The lowest BCUT2D eigenvalue weighted by Gasteiger charge is -2.30. The standard InChI is InChI=1S/C22H25N5O3/c1-26-18-12-23-22(24-15-7-6-14-10-17(28)13-30-19(14)11-15)25-21(18)27(9-8-20(26)29)16-4-2-3-5-16/h6-7,11-12,16H,2-5,8-10,13H2,1H3,(H,23,24,25). The molecule has 1 aliphatic carbocycles. The highest BCUT2D eigenvalue weighted by Gasteiger charge is 2.31. The van der Waals surface area contributed by atoms with Gasteiger partial charge < -0.3 is 19.9 Å². The number of anilines is 4. The zero-order valence-electron chi connectivity index (χ0n) is 17.1. The fraction of sp³-hybridized carbons (Fsp3) is 0.455. The Kier molecular flexibility index (Phi) is 4.77. The van der Waals surface area contributed by atoms with E-state index < -0.39 is 0 Å². The summed E-state index contributed by atoms with van der Waals surface area (Å²) in [7, 11) is 1.79. The van der Waals surface area contributed by atoms with Crippen molar-refractivity contribution in [1.82, 2.24) is 9.97 Å². The number of Topliss-reactive ketones (excluding diaryl/α,β-unsaturated/α-hetero) is 1. The third-order valence-corrected chi connectivity index (χ3v) is 6.19. The SMILES string of the molecule is CN1C(=O)CCN(C2CCCC2)c2nc(Nc3ccc4c(c3)OCC(=O)C4)ncc21. The third kappa shape index (κ3) is 3.46. The lowest BCUT2D eigenvalue weighted by molar-refractivity contribution is -0.121. The number of ketones is 1. The van der Waals surface area contributed by atoms with Crippen LogP contribution < -0.4 is 19.9 Å². The number of nitrogens with zero attached hydrogens (tertiary/aromatic N) is 4. The summed E-state index contributed by atoms with van der Waals surface area (Å²) < 4.78 is 5.55. The molecule has 0 unspecified atom stereocenters. The van der Waals surface area contributed by atoms with Gasteiger partial charge in [0.2, 0.25) is 11.9 Å². The first kappa shape index (κ1) is 18.8. The Morgan fingerprint density at radius 1 is 1.20 bits per heavy atom. The van der Waals surface area contributed by atoms with E-state index >= 15 is 0 Å². The van der Waals surface area contributed by atoms with Crippen molar-refractivity contribution in [3.8, 4) is 5.75 Å². The second kappa shape index (κ2) is 7.59. The largest absolute Gasteiger partial charge is 0.485 e. The molecule has 3 heterocycles. The first-order valence-corrected chi connectivity index (χ1v) is 10.5. The number of aromatic nitrogens is 2. The van der Waals surface area contributed by atoms with E-state index in [1.165, 1.54) is 12.8 Å². The van der Waals surface area contributed by atoms with Gasteiger partial charge in [-0.25, -0.2) is 4.98 Å². The molecule has 1 saturated carbocycles. The first-order valence-electron chi connectivity index (χ1n) is 10.5. The molecule has 1 fully saturated rings. The third-order valence-electron chi connectivity index (χ3n) is 6.19. The van der Waals surface area contributed by atoms with E-state index in [0.717, 1.165) is 35.6 Å². The van der Waals surface area contributed by atoms with Crippen LogP contribution in [0, 0.1) is 0 Å². The second-order valence-corrected chi connectivity index (χ2v) is 8.19. The van der Waals surface area contributed by atoms with Crippen molar-refractivity contribution in [3.05, 3.63) is 30.0 Å². The molecule has 8 nitrogen and oxygen atoms in total. The fourth-order valence-corrected chi connectivity index (χ4v) is 4.53. The zero-order chi connectivity index (χ0) is 20.7. The number of hydrogen-bond donors (Lipinski definition) is 1. The maximum absolute atomic E-state index is 12.5. The smallest absolute Gasteiger partial charge is 0.229 e. The summed E-state index contributed by atoms with van der Waals surface area (Å²) in [6, 6.07) is 6.09. The van der Waals surface area contributed by atoms with E-state index in [2.05, 4.69) is 15.2 Å². The molecule has 0 atom stereocenters. The molecule has 1 amide bonds. The second-order valence-electron chi connectivity index (χ2n) is 8.19. The summed E-state index contributed by atoms with van der Waals surface area (Å²) in [6.07, 6.45) is 7.30. The van der Waals surface area contributed by atoms with E-state index in [4.69, 9.17) is 9.72 Å². The Balaban J connectivity index is 1.46. The van der Waals surface area contributed by atoms with Crippen LogP contribution in [0.25, 0.3) is 0 Å². The van der Waals surface area contributed by atoms with Crippen LogP contribution in [-0.4, -0.2) is 47.9 Å². The van der Waals surface area contributed by atoms with Gasteiger partial charge in [-0.05, 0) is 18.9 Å². The van der Waals surface area contributed by atoms with Gasteiger partial charge in [0.05, 0.1) is 6.20 Å². The molecule has 0 radical (unpaired) electrons. The van der Waals surface area contributed by atoms with Crippen LogP contribution in [0.1, 0.15) is 37.7 Å². The minimum absolute atomic E-state index is 0.0856. The van der Waals surface area contributed by atoms with Crippen LogP contribution in [0.5, 0.6) is 5.75 Å². The number of rotatable bonds is 3. The van der Waals surface area contributed by atoms with Gasteiger partial charge in [0.25, 0.3) is 0 Å². The molecule has 156 valence electrons. The number of fused-ring (bicyclic) bond motifs is 2. The fourth-order valence-electron chi connectivity index (χ4n) is 4.53. The maximum atomic E-state index is 12.5. The Morgan fingerprint density at radius 3 is 2.87 bits per heavy atom. The predicted molar refractivity (Wildman–Crippen MR) is 114 cm³/mol. The van der Waals surface area contributed by atoms with Crippen LogP contribution in [0.4, 0.5) is 23.1 Å². The molecule has 2 aromatic rings. The summed E-state index contributed by atoms with van der Waals surface area (Å²) >= 11 is 0. The van der Waals surface area contributed by atoms with E-state index in [9.17, 15) is 9.59 Å². The van der Waals surface area contributed by atoms with Crippen molar-refractivity contribution in [2.24, 2.45) is 0 Å². The summed E-state index contributed by atoms with van der Waals surface area (Å²) in [5.41, 5.74) is 2.45. The summed E-state index contributed by atoms with van der Waals surface area (Å²) in [5, 5.41) is 3.26. The summed E-state index contributed by atoms with van der Waals surface area (Å²) in [5.74, 6) is 2.18. The highest BCUT2D eigenvalue weighted by atomic mass is 16.5. The molecule has 1 N–H and O–H groups in total. The average Bonchev–Trinajstić information content (AvgIpc) is 3.24. The minimum Gasteiger partial charge on any atom is -0.485 e. The van der Waals surface area contributed by atoms with Gasteiger partial charge in [-0.15, -0.1) is 0 Å². The van der Waals surface area contributed by atoms with Crippen molar-refractivity contribution in [2.75, 3.05) is 35.3 Å². The van der Waals surface area contributed by atoms with Gasteiger partial charge in [-0.3, -0.25) is 9.59 Å². The normalized spacial score (nSPS) is 19.2. The highest BCUT2D eigenvalue weighted by Crippen LogP contribution is 2.36. The molecule has 0 saturated heterocycles.